The van der Waals surface area contributed by atoms with Crippen molar-refractivity contribution >= 4 is 17.8 Å². The van der Waals surface area contributed by atoms with Gasteiger partial charge in [-0.05, 0) is 47.5 Å². The molecular formula is C25H23NO8. The maximum atomic E-state index is 12.9. The molecule has 0 spiro atoms. The van der Waals surface area contributed by atoms with Gasteiger partial charge in [0.2, 0.25) is 5.78 Å². The van der Waals surface area contributed by atoms with Gasteiger partial charge >= 0.3 is 5.97 Å². The van der Waals surface area contributed by atoms with Crippen LogP contribution in [-0.4, -0.2) is 38.2 Å². The molecule has 0 bridgehead atoms. The molecule has 0 amide bonds. The zero-order chi connectivity index (χ0) is 24.2. The molecule has 0 fully saturated rings. The molecular weight excluding hydrogens is 442 g/mol. The average molecular weight is 465 g/mol. The highest BCUT2D eigenvalue weighted by Gasteiger charge is 2.30. The Bertz CT molecular complexity index is 1270. The van der Waals surface area contributed by atoms with E-state index >= 15 is 0 Å². The van der Waals surface area contributed by atoms with Crippen LogP contribution in [0.15, 0.2) is 46.7 Å². The highest BCUT2D eigenvalue weighted by Crippen LogP contribution is 2.38. The van der Waals surface area contributed by atoms with E-state index in [4.69, 9.17) is 28.2 Å². The molecule has 0 atom stereocenters. The second-order valence-electron chi connectivity index (χ2n) is 7.48. The summed E-state index contributed by atoms with van der Waals surface area (Å²) < 4.78 is 31.8. The summed E-state index contributed by atoms with van der Waals surface area (Å²) in [6, 6.07) is 10.1. The average Bonchev–Trinajstić information content (AvgIpc) is 3.42. The first-order chi connectivity index (χ1) is 16.4. The van der Waals surface area contributed by atoms with Gasteiger partial charge in [0.15, 0.2) is 17.3 Å². The lowest BCUT2D eigenvalue weighted by Crippen LogP contribution is -2.09. The molecule has 0 aliphatic carbocycles. The van der Waals surface area contributed by atoms with E-state index in [2.05, 4.69) is 5.16 Å². The second-order valence-corrected chi connectivity index (χ2v) is 7.48. The van der Waals surface area contributed by atoms with Gasteiger partial charge in [-0.3, -0.25) is 9.59 Å². The zero-order valence-electron chi connectivity index (χ0n) is 19.2. The fraction of sp³-hybridized carbons (Fsp3) is 0.240. The van der Waals surface area contributed by atoms with E-state index in [1.54, 1.807) is 50.4 Å². The van der Waals surface area contributed by atoms with Crippen molar-refractivity contribution in [1.82, 2.24) is 5.16 Å². The quantitative estimate of drug-likeness (QED) is 0.275. The summed E-state index contributed by atoms with van der Waals surface area (Å²) in [5.41, 5.74) is 1.78. The van der Waals surface area contributed by atoms with Crippen LogP contribution in [-0.2, 0) is 11.2 Å². The van der Waals surface area contributed by atoms with Gasteiger partial charge < -0.3 is 28.2 Å². The third kappa shape index (κ3) is 4.73. The minimum Gasteiger partial charge on any atom is -0.493 e. The third-order valence-electron chi connectivity index (χ3n) is 5.20. The predicted octanol–water partition coefficient (Wildman–Crippen LogP) is 4.16. The lowest BCUT2D eigenvalue weighted by atomic mass is 10.0. The van der Waals surface area contributed by atoms with Crippen LogP contribution in [0, 0.1) is 6.92 Å². The maximum absolute atomic E-state index is 12.9. The highest BCUT2D eigenvalue weighted by molar-refractivity contribution is 6.15. The van der Waals surface area contributed by atoms with E-state index in [0.29, 0.717) is 52.0 Å². The zero-order valence-corrected chi connectivity index (χ0v) is 19.2. The Kier molecular flexibility index (Phi) is 6.53. The molecule has 34 heavy (non-hydrogen) atoms. The molecule has 0 saturated heterocycles. The summed E-state index contributed by atoms with van der Waals surface area (Å²) in [5.74, 6) is 2.04. The molecule has 4 rings (SSSR count). The Hall–Kier alpha value is -4.27. The topological polar surface area (TPSA) is 106 Å². The smallest absolute Gasteiger partial charge is 0.311 e. The summed E-state index contributed by atoms with van der Waals surface area (Å²) >= 11 is 0. The summed E-state index contributed by atoms with van der Waals surface area (Å²) in [7, 11) is 4.57. The number of carbonyl (C=O) groups is 2. The molecule has 0 N–H and O–H groups in total. The van der Waals surface area contributed by atoms with Crippen molar-refractivity contribution in [2.45, 2.75) is 19.8 Å². The summed E-state index contributed by atoms with van der Waals surface area (Å²) in [4.78, 5) is 25.2. The fourth-order valence-electron chi connectivity index (χ4n) is 3.55. The number of allylic oxidation sites excluding steroid dienone is 1. The van der Waals surface area contributed by atoms with Crippen LogP contribution in [0.25, 0.3) is 6.08 Å². The number of carbonyl (C=O) groups excluding carboxylic acids is 2. The van der Waals surface area contributed by atoms with Gasteiger partial charge in [-0.25, -0.2) is 0 Å². The van der Waals surface area contributed by atoms with Gasteiger partial charge in [0, 0.05) is 18.6 Å². The van der Waals surface area contributed by atoms with E-state index < -0.39 is 5.97 Å². The predicted molar refractivity (Wildman–Crippen MR) is 121 cm³/mol. The molecule has 1 aliphatic rings. The molecule has 0 unspecified atom stereocenters. The molecule has 3 aromatic rings. The van der Waals surface area contributed by atoms with Crippen LogP contribution >= 0.6 is 0 Å². The van der Waals surface area contributed by atoms with Crippen molar-refractivity contribution in [3.63, 3.8) is 0 Å². The summed E-state index contributed by atoms with van der Waals surface area (Å²) in [5, 5.41) is 3.69. The van der Waals surface area contributed by atoms with Crippen LogP contribution < -0.4 is 23.7 Å². The number of aryl methyl sites for hydroxylation is 2. The van der Waals surface area contributed by atoms with Crippen LogP contribution in [0.4, 0.5) is 0 Å². The number of nitrogens with zero attached hydrogens (tertiary/aromatic N) is 1. The monoisotopic (exact) mass is 465 g/mol. The number of ether oxygens (including phenoxy) is 5. The van der Waals surface area contributed by atoms with E-state index in [-0.39, 0.29) is 23.7 Å². The Morgan fingerprint density at radius 1 is 1.03 bits per heavy atom. The fourth-order valence-corrected chi connectivity index (χ4v) is 3.55. The van der Waals surface area contributed by atoms with Gasteiger partial charge in [-0.2, -0.15) is 0 Å². The van der Waals surface area contributed by atoms with Gasteiger partial charge in [0.1, 0.15) is 17.3 Å². The molecule has 176 valence electrons. The number of benzene rings is 2. The SMILES string of the molecule is COc1cc(CCC(=O)Oc2cc(C)c3c(c2)O/C(=C\c2ccc(OC)c(OC)c2)C3=O)on1. The van der Waals surface area contributed by atoms with Crippen LogP contribution in [0.5, 0.6) is 28.9 Å². The lowest BCUT2D eigenvalue weighted by molar-refractivity contribution is -0.134. The normalized spacial score (nSPS) is 13.4. The van der Waals surface area contributed by atoms with Gasteiger partial charge in [0.05, 0.1) is 33.3 Å². The maximum Gasteiger partial charge on any atom is 0.311 e. The molecule has 2 aromatic carbocycles. The van der Waals surface area contributed by atoms with E-state index in [1.165, 1.54) is 20.3 Å². The number of hydrogen-bond donors (Lipinski definition) is 0. The van der Waals surface area contributed by atoms with Crippen molar-refractivity contribution in [3.05, 3.63) is 64.6 Å². The van der Waals surface area contributed by atoms with Crippen molar-refractivity contribution in [2.75, 3.05) is 21.3 Å². The number of hydrogen-bond acceptors (Lipinski definition) is 9. The van der Waals surface area contributed by atoms with Gasteiger partial charge in [-0.1, -0.05) is 6.07 Å². The molecule has 9 nitrogen and oxygen atoms in total. The van der Waals surface area contributed by atoms with Gasteiger partial charge in [0.25, 0.3) is 5.88 Å². The van der Waals surface area contributed by atoms with Crippen molar-refractivity contribution in [3.8, 4) is 28.9 Å². The Morgan fingerprint density at radius 2 is 1.82 bits per heavy atom. The number of rotatable bonds is 8. The highest BCUT2D eigenvalue weighted by atomic mass is 16.5. The minimum atomic E-state index is -0.458. The summed E-state index contributed by atoms with van der Waals surface area (Å²) in [6.45, 7) is 1.76. The Labute approximate surface area is 195 Å². The molecule has 1 aliphatic heterocycles. The number of fused-ring (bicyclic) bond motifs is 1. The first kappa shape index (κ1) is 22.9. The Morgan fingerprint density at radius 3 is 2.53 bits per heavy atom. The first-order valence-corrected chi connectivity index (χ1v) is 10.4. The summed E-state index contributed by atoms with van der Waals surface area (Å²) in [6.07, 6.45) is 2.02. The Balaban J connectivity index is 1.47. The number of methoxy groups -OCH3 is 3. The second kappa shape index (κ2) is 9.70. The molecule has 0 saturated carbocycles. The van der Waals surface area contributed by atoms with Gasteiger partial charge in [-0.15, -0.1) is 0 Å². The van der Waals surface area contributed by atoms with E-state index in [1.807, 2.05) is 0 Å². The molecule has 1 aromatic heterocycles. The lowest BCUT2D eigenvalue weighted by Gasteiger charge is -2.08. The number of ketones is 1. The first-order valence-electron chi connectivity index (χ1n) is 10.4. The molecule has 0 radical (unpaired) electrons. The third-order valence-corrected chi connectivity index (χ3v) is 5.20. The van der Waals surface area contributed by atoms with Crippen LogP contribution in [0.2, 0.25) is 0 Å². The number of Topliss-reactive ketones (excluding diaryl/α,β-unsaturated/α-hetero) is 1. The number of esters is 1. The van der Waals surface area contributed by atoms with Crippen molar-refractivity contribution < 1.29 is 37.8 Å². The molecule has 9 heteroatoms. The molecule has 2 heterocycles. The van der Waals surface area contributed by atoms with Crippen molar-refractivity contribution in [1.29, 1.82) is 0 Å². The van der Waals surface area contributed by atoms with E-state index in [0.717, 1.165) is 0 Å². The minimum absolute atomic E-state index is 0.0821. The number of aromatic nitrogens is 1. The largest absolute Gasteiger partial charge is 0.493 e. The standard InChI is InChI=1S/C25H23NO8/c1-14-9-17(32-23(27)8-6-16-13-22(31-4)26-34-16)12-20-24(14)25(28)21(33-20)11-15-5-7-18(29-2)19(10-15)30-3/h5,7,9-13H,6,8H2,1-4H3/b21-11-. The van der Waals surface area contributed by atoms with Crippen LogP contribution in [0.3, 0.4) is 0 Å². The van der Waals surface area contributed by atoms with E-state index in [9.17, 15) is 9.59 Å². The van der Waals surface area contributed by atoms with Crippen molar-refractivity contribution in [2.24, 2.45) is 0 Å². The van der Waals surface area contributed by atoms with Crippen LogP contribution in [0.1, 0.15) is 33.7 Å².